The minimum absolute atomic E-state index is 0.0352. The van der Waals surface area contributed by atoms with Gasteiger partial charge in [-0.2, -0.15) is 22.7 Å². The van der Waals surface area contributed by atoms with Crippen molar-refractivity contribution < 1.29 is 27.0 Å². The number of halogens is 5. The highest BCUT2D eigenvalue weighted by molar-refractivity contribution is 6.31. The molecule has 0 atom stereocenters. The maximum atomic E-state index is 12.5. The van der Waals surface area contributed by atoms with E-state index in [1.54, 1.807) is 41.1 Å². The van der Waals surface area contributed by atoms with Gasteiger partial charge in [-0.3, -0.25) is 0 Å². The van der Waals surface area contributed by atoms with Gasteiger partial charge in [0.15, 0.2) is 0 Å². The molecule has 0 spiro atoms. The zero-order valence-corrected chi connectivity index (χ0v) is 17.9. The topological polar surface area (TPSA) is 36.3 Å². The summed E-state index contributed by atoms with van der Waals surface area (Å²) in [6.07, 6.45) is 0. The Kier molecular flexibility index (Phi) is 6.55. The Morgan fingerprint density at radius 2 is 1.30 bits per heavy atom. The van der Waals surface area contributed by atoms with Crippen LogP contribution in [0.4, 0.5) is 17.6 Å². The van der Waals surface area contributed by atoms with Gasteiger partial charge in [0.1, 0.15) is 11.5 Å². The van der Waals surface area contributed by atoms with E-state index in [-0.39, 0.29) is 11.5 Å². The monoisotopic (exact) mass is 476 g/mol. The van der Waals surface area contributed by atoms with Crippen molar-refractivity contribution in [1.29, 1.82) is 0 Å². The first kappa shape index (κ1) is 22.7. The van der Waals surface area contributed by atoms with E-state index < -0.39 is 13.2 Å². The van der Waals surface area contributed by atoms with E-state index in [1.807, 2.05) is 19.1 Å². The zero-order valence-electron chi connectivity index (χ0n) is 17.2. The quantitative estimate of drug-likeness (QED) is 0.261. The molecule has 0 saturated carbocycles. The van der Waals surface area contributed by atoms with E-state index in [4.69, 9.17) is 11.6 Å². The fraction of sp³-hybridized carbons (Fsp3) is 0.125. The summed E-state index contributed by atoms with van der Waals surface area (Å²) in [4.78, 5) is 0. The van der Waals surface area contributed by atoms with E-state index in [9.17, 15) is 17.6 Å². The lowest BCUT2D eigenvalue weighted by atomic mass is 10.1. The number of aryl methyl sites for hydroxylation is 1. The van der Waals surface area contributed by atoms with Crippen LogP contribution in [0.2, 0.25) is 5.02 Å². The molecule has 0 aliphatic rings. The Hall–Kier alpha value is -3.52. The third-order valence-corrected chi connectivity index (χ3v) is 5.27. The molecule has 1 aromatic heterocycles. The lowest BCUT2D eigenvalue weighted by molar-refractivity contribution is -0.0505. The Labute approximate surface area is 191 Å². The normalized spacial score (nSPS) is 11.3. The number of alkyl halides is 4. The highest BCUT2D eigenvalue weighted by Gasteiger charge is 2.15. The minimum atomic E-state index is -2.92. The molecule has 0 amide bonds. The molecule has 0 aliphatic carbocycles. The van der Waals surface area contributed by atoms with Crippen molar-refractivity contribution in [2.24, 2.45) is 0 Å². The first-order valence-electron chi connectivity index (χ1n) is 9.77. The van der Waals surface area contributed by atoms with Gasteiger partial charge in [0.05, 0.1) is 17.1 Å². The highest BCUT2D eigenvalue weighted by atomic mass is 35.5. The summed E-state index contributed by atoms with van der Waals surface area (Å²) < 4.78 is 60.3. The van der Waals surface area contributed by atoms with Gasteiger partial charge in [0, 0.05) is 16.1 Å². The molecule has 0 saturated heterocycles. The molecule has 33 heavy (non-hydrogen) atoms. The molecule has 4 rings (SSSR count). The fourth-order valence-corrected chi connectivity index (χ4v) is 3.43. The summed E-state index contributed by atoms with van der Waals surface area (Å²) in [5.74, 6) is 0.0707. The van der Waals surface area contributed by atoms with Gasteiger partial charge in [-0.25, -0.2) is 4.68 Å². The second-order valence-corrected chi connectivity index (χ2v) is 7.47. The molecule has 4 nitrogen and oxygen atoms in total. The molecule has 1 heterocycles. The SMILES string of the molecule is Cc1ccc(-n2nc(-c3ccc(OC(F)F)cc3)cc2-c2ccc(OC(F)F)cc2)cc1Cl. The Bertz CT molecular complexity index is 1240. The molecule has 0 bridgehead atoms. The van der Waals surface area contributed by atoms with Crippen molar-refractivity contribution >= 4 is 11.6 Å². The van der Waals surface area contributed by atoms with Crippen molar-refractivity contribution in [1.82, 2.24) is 9.78 Å². The van der Waals surface area contributed by atoms with Gasteiger partial charge in [-0.1, -0.05) is 17.7 Å². The summed E-state index contributed by atoms with van der Waals surface area (Å²) in [6.45, 7) is -3.95. The van der Waals surface area contributed by atoms with Crippen LogP contribution in [0.1, 0.15) is 5.56 Å². The van der Waals surface area contributed by atoms with Crippen LogP contribution < -0.4 is 9.47 Å². The number of aromatic nitrogens is 2. The van der Waals surface area contributed by atoms with Gasteiger partial charge in [0.2, 0.25) is 0 Å². The molecule has 0 radical (unpaired) electrons. The van der Waals surface area contributed by atoms with Gasteiger partial charge < -0.3 is 9.47 Å². The largest absolute Gasteiger partial charge is 0.435 e. The Balaban J connectivity index is 1.77. The standard InChI is InChI=1S/C24H17ClF4N2O2/c1-14-2-7-17(12-20(14)25)31-22(16-5-10-19(11-6-16)33-24(28)29)13-21(30-31)15-3-8-18(9-4-15)32-23(26)27/h2-13,23-24H,1H3. The number of nitrogens with zero attached hydrogens (tertiary/aromatic N) is 2. The van der Waals surface area contributed by atoms with Crippen LogP contribution in [0.3, 0.4) is 0 Å². The van der Waals surface area contributed by atoms with Crippen LogP contribution in [0, 0.1) is 6.92 Å². The smallest absolute Gasteiger partial charge is 0.387 e. The first-order chi connectivity index (χ1) is 15.8. The van der Waals surface area contributed by atoms with Crippen molar-refractivity contribution in [3.63, 3.8) is 0 Å². The minimum Gasteiger partial charge on any atom is -0.435 e. The van der Waals surface area contributed by atoms with E-state index in [2.05, 4.69) is 14.6 Å². The Morgan fingerprint density at radius 1 is 0.758 bits per heavy atom. The van der Waals surface area contributed by atoms with Crippen LogP contribution in [-0.4, -0.2) is 23.0 Å². The third-order valence-electron chi connectivity index (χ3n) is 4.86. The molecule has 3 aromatic carbocycles. The zero-order chi connectivity index (χ0) is 23.5. The number of benzene rings is 3. The lowest BCUT2D eigenvalue weighted by Gasteiger charge is -2.10. The lowest BCUT2D eigenvalue weighted by Crippen LogP contribution is -2.02. The predicted molar refractivity (Wildman–Crippen MR) is 117 cm³/mol. The van der Waals surface area contributed by atoms with Crippen LogP contribution in [0.25, 0.3) is 28.2 Å². The van der Waals surface area contributed by atoms with Gasteiger partial charge >= 0.3 is 13.2 Å². The fourth-order valence-electron chi connectivity index (χ4n) is 3.25. The summed E-state index contributed by atoms with van der Waals surface area (Å²) in [5.41, 5.74) is 4.20. The van der Waals surface area contributed by atoms with E-state index in [0.717, 1.165) is 5.56 Å². The van der Waals surface area contributed by atoms with Crippen molar-refractivity contribution in [3.8, 4) is 39.7 Å². The summed E-state index contributed by atoms with van der Waals surface area (Å²) >= 11 is 6.31. The summed E-state index contributed by atoms with van der Waals surface area (Å²) in [5, 5.41) is 5.24. The molecule has 170 valence electrons. The van der Waals surface area contributed by atoms with Gasteiger partial charge in [0.25, 0.3) is 0 Å². The van der Waals surface area contributed by atoms with Crippen molar-refractivity contribution in [2.75, 3.05) is 0 Å². The molecule has 0 aliphatic heterocycles. The van der Waals surface area contributed by atoms with E-state index in [1.165, 1.54) is 24.3 Å². The van der Waals surface area contributed by atoms with Gasteiger partial charge in [-0.05, 0) is 79.2 Å². The van der Waals surface area contributed by atoms with Crippen molar-refractivity contribution in [2.45, 2.75) is 20.1 Å². The molecular weight excluding hydrogens is 460 g/mol. The average molecular weight is 477 g/mol. The molecule has 0 fully saturated rings. The van der Waals surface area contributed by atoms with E-state index in [0.29, 0.717) is 33.2 Å². The second kappa shape index (κ2) is 9.54. The molecular formula is C24H17ClF4N2O2. The molecule has 0 N–H and O–H groups in total. The maximum absolute atomic E-state index is 12.5. The predicted octanol–water partition coefficient (Wildman–Crippen LogP) is 7.37. The number of rotatable bonds is 7. The summed E-state index contributed by atoms with van der Waals surface area (Å²) in [7, 11) is 0. The number of ether oxygens (including phenoxy) is 2. The van der Waals surface area contributed by atoms with E-state index >= 15 is 0 Å². The maximum Gasteiger partial charge on any atom is 0.387 e. The second-order valence-electron chi connectivity index (χ2n) is 7.07. The van der Waals surface area contributed by atoms with Crippen LogP contribution in [0.15, 0.2) is 72.8 Å². The number of hydrogen-bond donors (Lipinski definition) is 0. The summed E-state index contributed by atoms with van der Waals surface area (Å²) in [6, 6.07) is 19.6. The third kappa shape index (κ3) is 5.28. The highest BCUT2D eigenvalue weighted by Crippen LogP contribution is 2.32. The molecule has 0 unspecified atom stereocenters. The van der Waals surface area contributed by atoms with Gasteiger partial charge in [-0.15, -0.1) is 0 Å². The van der Waals surface area contributed by atoms with Crippen LogP contribution in [0.5, 0.6) is 11.5 Å². The molecule has 4 aromatic rings. The average Bonchev–Trinajstić information content (AvgIpc) is 3.21. The van der Waals surface area contributed by atoms with Crippen LogP contribution in [-0.2, 0) is 0 Å². The number of hydrogen-bond acceptors (Lipinski definition) is 3. The Morgan fingerprint density at radius 3 is 1.82 bits per heavy atom. The van der Waals surface area contributed by atoms with Crippen molar-refractivity contribution in [3.05, 3.63) is 83.4 Å². The first-order valence-corrected chi connectivity index (χ1v) is 10.1. The molecule has 9 heteroatoms. The van der Waals surface area contributed by atoms with Crippen LogP contribution >= 0.6 is 11.6 Å².